The number of rotatable bonds is 2. The number of hydrogen-bond donors (Lipinski definition) is 3. The lowest BCUT2D eigenvalue weighted by atomic mass is 10.1. The van der Waals surface area contributed by atoms with E-state index in [-0.39, 0.29) is 28.6 Å². The largest absolute Gasteiger partial charge is 0.504 e. The van der Waals surface area contributed by atoms with Crippen LogP contribution in [0.15, 0.2) is 42.2 Å². The first kappa shape index (κ1) is 14.2. The zero-order valence-electron chi connectivity index (χ0n) is 12.7. The van der Waals surface area contributed by atoms with Crippen LogP contribution in [0.2, 0.25) is 0 Å². The highest BCUT2D eigenvalue weighted by Gasteiger charge is 2.31. The summed E-state index contributed by atoms with van der Waals surface area (Å²) < 4.78 is 10.6. The molecule has 2 heterocycles. The first-order chi connectivity index (χ1) is 11.6. The smallest absolute Gasteiger partial charge is 0.232 e. The van der Waals surface area contributed by atoms with Crippen molar-refractivity contribution in [1.82, 2.24) is 4.98 Å². The summed E-state index contributed by atoms with van der Waals surface area (Å²) in [6.07, 6.45) is 1.56. The van der Waals surface area contributed by atoms with Crippen LogP contribution in [-0.4, -0.2) is 28.1 Å². The number of Topliss-reactive ketones (excluding diaryl/α,β-unsaturated/α-hetero) is 1. The van der Waals surface area contributed by atoms with Gasteiger partial charge in [-0.3, -0.25) is 4.79 Å². The van der Waals surface area contributed by atoms with E-state index in [4.69, 9.17) is 9.47 Å². The van der Waals surface area contributed by atoms with Crippen molar-refractivity contribution >= 4 is 22.8 Å². The third-order valence-electron chi connectivity index (χ3n) is 3.93. The van der Waals surface area contributed by atoms with Gasteiger partial charge in [0, 0.05) is 22.7 Å². The summed E-state index contributed by atoms with van der Waals surface area (Å²) in [6, 6.07) is 10.1. The monoisotopic (exact) mass is 323 g/mol. The van der Waals surface area contributed by atoms with Crippen molar-refractivity contribution < 1.29 is 24.5 Å². The highest BCUT2D eigenvalue weighted by atomic mass is 16.5. The Morgan fingerprint density at radius 1 is 1.17 bits per heavy atom. The molecule has 0 atom stereocenters. The fourth-order valence-corrected chi connectivity index (χ4v) is 2.71. The molecule has 0 unspecified atom stereocenters. The van der Waals surface area contributed by atoms with Gasteiger partial charge in [-0.2, -0.15) is 0 Å². The summed E-state index contributed by atoms with van der Waals surface area (Å²) in [4.78, 5) is 15.5. The second-order valence-electron chi connectivity index (χ2n) is 5.43. The van der Waals surface area contributed by atoms with E-state index in [1.807, 2.05) is 24.3 Å². The molecule has 0 saturated carbocycles. The molecular weight excluding hydrogens is 310 g/mol. The third kappa shape index (κ3) is 2.08. The van der Waals surface area contributed by atoms with Crippen molar-refractivity contribution in [1.29, 1.82) is 0 Å². The van der Waals surface area contributed by atoms with Crippen molar-refractivity contribution in [3.63, 3.8) is 0 Å². The summed E-state index contributed by atoms with van der Waals surface area (Å²) >= 11 is 0. The number of methoxy groups -OCH3 is 1. The lowest BCUT2D eigenvalue weighted by molar-refractivity contribution is 0.101. The highest BCUT2D eigenvalue weighted by molar-refractivity contribution is 6.15. The van der Waals surface area contributed by atoms with Crippen LogP contribution >= 0.6 is 0 Å². The number of benzene rings is 2. The number of phenols is 2. The van der Waals surface area contributed by atoms with E-state index in [0.29, 0.717) is 5.69 Å². The highest BCUT2D eigenvalue weighted by Crippen LogP contribution is 2.44. The van der Waals surface area contributed by atoms with Crippen molar-refractivity contribution in [2.75, 3.05) is 7.11 Å². The van der Waals surface area contributed by atoms with Crippen LogP contribution < -0.4 is 9.47 Å². The fraction of sp³-hybridized carbons (Fsp3) is 0.0556. The van der Waals surface area contributed by atoms with Gasteiger partial charge in [0.25, 0.3) is 0 Å². The Morgan fingerprint density at radius 2 is 2.00 bits per heavy atom. The molecule has 1 aliphatic rings. The average Bonchev–Trinajstić information content (AvgIpc) is 3.12. The number of aromatic nitrogens is 1. The van der Waals surface area contributed by atoms with Crippen LogP contribution in [0.25, 0.3) is 17.0 Å². The van der Waals surface area contributed by atoms with E-state index in [9.17, 15) is 15.0 Å². The predicted molar refractivity (Wildman–Crippen MR) is 87.6 cm³/mol. The Labute approximate surface area is 136 Å². The van der Waals surface area contributed by atoms with Gasteiger partial charge in [0.2, 0.25) is 11.5 Å². The van der Waals surface area contributed by atoms with Gasteiger partial charge in [-0.15, -0.1) is 0 Å². The number of ketones is 1. The third-order valence-corrected chi connectivity index (χ3v) is 3.93. The molecule has 120 valence electrons. The molecule has 3 aromatic rings. The van der Waals surface area contributed by atoms with E-state index < -0.39 is 5.75 Å². The maximum absolute atomic E-state index is 12.4. The first-order valence-electron chi connectivity index (χ1n) is 7.23. The molecule has 0 spiro atoms. The molecule has 0 amide bonds. The van der Waals surface area contributed by atoms with Crippen LogP contribution in [0.4, 0.5) is 0 Å². The second-order valence-corrected chi connectivity index (χ2v) is 5.43. The molecule has 6 nitrogen and oxygen atoms in total. The minimum atomic E-state index is -0.439. The van der Waals surface area contributed by atoms with E-state index in [1.54, 1.807) is 13.2 Å². The molecule has 2 aromatic carbocycles. The number of carbonyl (C=O) groups excluding carboxylic acids is 1. The van der Waals surface area contributed by atoms with E-state index >= 15 is 0 Å². The number of aromatic amines is 1. The molecule has 4 rings (SSSR count). The van der Waals surface area contributed by atoms with Crippen molar-refractivity contribution in [3.05, 3.63) is 53.4 Å². The lowest BCUT2D eigenvalue weighted by Gasteiger charge is -2.02. The molecule has 0 bridgehead atoms. The fourth-order valence-electron chi connectivity index (χ4n) is 2.71. The van der Waals surface area contributed by atoms with Gasteiger partial charge < -0.3 is 24.7 Å². The lowest BCUT2D eigenvalue weighted by Crippen LogP contribution is -1.97. The average molecular weight is 323 g/mol. The minimum absolute atomic E-state index is 0.0240. The summed E-state index contributed by atoms with van der Waals surface area (Å²) in [5.74, 6) is -0.335. The standard InChI is InChI=1S/C18H13NO5/c1-23-11-2-4-13-9(7-11)6-10(19-13)8-15-16(21)12-3-5-14(20)17(22)18(12)24-15/h2-8,19-20,22H,1H3/b15-8+. The van der Waals surface area contributed by atoms with Gasteiger partial charge in [0.1, 0.15) is 5.75 Å². The summed E-state index contributed by atoms with van der Waals surface area (Å²) in [5, 5.41) is 20.3. The first-order valence-corrected chi connectivity index (χ1v) is 7.23. The van der Waals surface area contributed by atoms with Crippen molar-refractivity contribution in [3.8, 4) is 23.0 Å². The van der Waals surface area contributed by atoms with E-state index in [0.717, 1.165) is 16.7 Å². The zero-order valence-corrected chi connectivity index (χ0v) is 12.7. The molecule has 24 heavy (non-hydrogen) atoms. The second kappa shape index (κ2) is 5.06. The number of carbonyl (C=O) groups is 1. The zero-order chi connectivity index (χ0) is 16.8. The number of ether oxygens (including phenoxy) is 2. The van der Waals surface area contributed by atoms with Crippen molar-refractivity contribution in [2.45, 2.75) is 0 Å². The molecule has 1 aromatic heterocycles. The Bertz CT molecular complexity index is 1020. The molecular formula is C18H13NO5. The summed E-state index contributed by atoms with van der Waals surface area (Å²) in [6.45, 7) is 0. The maximum atomic E-state index is 12.4. The van der Waals surface area contributed by atoms with Gasteiger partial charge in [-0.05, 0) is 36.4 Å². The predicted octanol–water partition coefficient (Wildman–Crippen LogP) is 3.20. The molecule has 6 heteroatoms. The molecule has 0 aliphatic carbocycles. The topological polar surface area (TPSA) is 91.8 Å². The normalized spacial score (nSPS) is 14.9. The number of hydrogen-bond acceptors (Lipinski definition) is 5. The van der Waals surface area contributed by atoms with E-state index in [2.05, 4.69) is 4.98 Å². The van der Waals surface area contributed by atoms with Gasteiger partial charge in [-0.25, -0.2) is 0 Å². The molecule has 0 saturated heterocycles. The number of H-pyrrole nitrogens is 1. The van der Waals surface area contributed by atoms with Crippen molar-refractivity contribution in [2.24, 2.45) is 0 Å². The maximum Gasteiger partial charge on any atom is 0.232 e. The Morgan fingerprint density at radius 3 is 2.79 bits per heavy atom. The minimum Gasteiger partial charge on any atom is -0.504 e. The van der Waals surface area contributed by atoms with Gasteiger partial charge in [-0.1, -0.05) is 0 Å². The number of fused-ring (bicyclic) bond motifs is 2. The van der Waals surface area contributed by atoms with Crippen LogP contribution in [0.5, 0.6) is 23.0 Å². The van der Waals surface area contributed by atoms with Crippen LogP contribution in [0.1, 0.15) is 16.1 Å². The van der Waals surface area contributed by atoms with Crippen LogP contribution in [-0.2, 0) is 0 Å². The number of aromatic hydroxyl groups is 2. The molecule has 0 fully saturated rings. The molecule has 1 aliphatic heterocycles. The van der Waals surface area contributed by atoms with E-state index in [1.165, 1.54) is 12.1 Å². The molecule has 3 N–H and O–H groups in total. The Hall–Kier alpha value is -3.41. The molecule has 0 radical (unpaired) electrons. The summed E-state index contributed by atoms with van der Waals surface area (Å²) in [7, 11) is 1.60. The van der Waals surface area contributed by atoms with Gasteiger partial charge in [0.15, 0.2) is 17.3 Å². The quantitative estimate of drug-likeness (QED) is 0.497. The Balaban J connectivity index is 1.74. The number of allylic oxidation sites excluding steroid dienone is 1. The number of phenolic OH excluding ortho intramolecular Hbond substituents is 2. The van der Waals surface area contributed by atoms with Crippen LogP contribution in [0.3, 0.4) is 0 Å². The Kier molecular flexibility index (Phi) is 2.99. The van der Waals surface area contributed by atoms with Crippen LogP contribution in [0, 0.1) is 0 Å². The van der Waals surface area contributed by atoms with Gasteiger partial charge >= 0.3 is 0 Å². The number of nitrogens with one attached hydrogen (secondary N) is 1. The van der Waals surface area contributed by atoms with Gasteiger partial charge in [0.05, 0.1) is 12.7 Å². The summed E-state index contributed by atoms with van der Waals surface area (Å²) in [5.41, 5.74) is 1.79. The SMILES string of the molecule is COc1ccc2[nH]c(/C=C3/Oc4c(ccc(O)c4O)C3=O)cc2c1.